The Balaban J connectivity index is 2.44. The molecular formula is C12H25NO. The maximum atomic E-state index is 5.55. The van der Waals surface area contributed by atoms with Crippen LogP contribution in [0.25, 0.3) is 0 Å². The SMILES string of the molecule is CC(C)CC1(CNC(C)C)CCOC1. The summed E-state index contributed by atoms with van der Waals surface area (Å²) in [5.41, 5.74) is 0.415. The number of ether oxygens (including phenoxy) is 1. The van der Waals surface area contributed by atoms with Gasteiger partial charge in [-0.3, -0.25) is 0 Å². The Hall–Kier alpha value is -0.0800. The zero-order valence-corrected chi connectivity index (χ0v) is 10.1. The molecule has 1 aliphatic heterocycles. The fourth-order valence-corrected chi connectivity index (χ4v) is 2.31. The summed E-state index contributed by atoms with van der Waals surface area (Å²) in [7, 11) is 0. The maximum Gasteiger partial charge on any atom is 0.0535 e. The third-order valence-corrected chi connectivity index (χ3v) is 2.91. The molecule has 0 amide bonds. The molecule has 2 heteroatoms. The average Bonchev–Trinajstić information content (AvgIpc) is 2.49. The summed E-state index contributed by atoms with van der Waals surface area (Å²) in [6.45, 7) is 12.0. The van der Waals surface area contributed by atoms with E-state index in [0.29, 0.717) is 11.5 Å². The van der Waals surface area contributed by atoms with Gasteiger partial charge in [-0.25, -0.2) is 0 Å². The molecule has 1 atom stereocenters. The molecular weight excluding hydrogens is 174 g/mol. The molecule has 14 heavy (non-hydrogen) atoms. The second-order valence-electron chi connectivity index (χ2n) is 5.44. The van der Waals surface area contributed by atoms with E-state index in [9.17, 15) is 0 Å². The molecule has 0 aromatic heterocycles. The average molecular weight is 199 g/mol. The van der Waals surface area contributed by atoms with E-state index in [4.69, 9.17) is 4.74 Å². The molecule has 2 nitrogen and oxygen atoms in total. The van der Waals surface area contributed by atoms with E-state index in [1.54, 1.807) is 0 Å². The first-order chi connectivity index (χ1) is 6.54. The molecule has 1 saturated heterocycles. The van der Waals surface area contributed by atoms with Crippen molar-refractivity contribution in [2.75, 3.05) is 19.8 Å². The van der Waals surface area contributed by atoms with Crippen molar-refractivity contribution in [2.45, 2.75) is 46.6 Å². The number of rotatable bonds is 5. The minimum atomic E-state index is 0.415. The Kier molecular flexibility index (Phi) is 4.39. The lowest BCUT2D eigenvalue weighted by molar-refractivity contribution is 0.133. The lowest BCUT2D eigenvalue weighted by Crippen LogP contribution is -2.39. The van der Waals surface area contributed by atoms with Crippen molar-refractivity contribution < 1.29 is 4.74 Å². The third kappa shape index (κ3) is 3.58. The van der Waals surface area contributed by atoms with E-state index in [1.165, 1.54) is 12.8 Å². The second-order valence-corrected chi connectivity index (χ2v) is 5.44. The van der Waals surface area contributed by atoms with E-state index in [2.05, 4.69) is 33.0 Å². The van der Waals surface area contributed by atoms with Crippen molar-refractivity contribution in [1.29, 1.82) is 0 Å². The summed E-state index contributed by atoms with van der Waals surface area (Å²) >= 11 is 0. The van der Waals surface area contributed by atoms with Gasteiger partial charge in [-0.1, -0.05) is 27.7 Å². The molecule has 0 aromatic rings. The van der Waals surface area contributed by atoms with E-state index in [0.717, 1.165) is 25.7 Å². The highest BCUT2D eigenvalue weighted by Crippen LogP contribution is 2.34. The molecule has 0 saturated carbocycles. The topological polar surface area (TPSA) is 21.3 Å². The van der Waals surface area contributed by atoms with Crippen LogP contribution >= 0.6 is 0 Å². The standard InChI is InChI=1S/C12H25NO/c1-10(2)7-12(5-6-14-9-12)8-13-11(3)4/h10-11,13H,5-9H2,1-4H3. The van der Waals surface area contributed by atoms with Crippen LogP contribution < -0.4 is 5.32 Å². The van der Waals surface area contributed by atoms with Crippen molar-refractivity contribution in [3.05, 3.63) is 0 Å². The van der Waals surface area contributed by atoms with Crippen LogP contribution in [0.4, 0.5) is 0 Å². The van der Waals surface area contributed by atoms with Crippen molar-refractivity contribution in [1.82, 2.24) is 5.32 Å². The summed E-state index contributed by atoms with van der Waals surface area (Å²) in [4.78, 5) is 0. The van der Waals surface area contributed by atoms with Crippen LogP contribution in [0.3, 0.4) is 0 Å². The summed E-state index contributed by atoms with van der Waals surface area (Å²) in [6, 6.07) is 0.583. The number of hydrogen-bond acceptors (Lipinski definition) is 2. The maximum absolute atomic E-state index is 5.55. The van der Waals surface area contributed by atoms with Gasteiger partial charge in [0.1, 0.15) is 0 Å². The van der Waals surface area contributed by atoms with Gasteiger partial charge >= 0.3 is 0 Å². The molecule has 1 aliphatic rings. The van der Waals surface area contributed by atoms with Crippen molar-refractivity contribution >= 4 is 0 Å². The molecule has 1 fully saturated rings. The quantitative estimate of drug-likeness (QED) is 0.734. The first kappa shape index (κ1) is 12.0. The van der Waals surface area contributed by atoms with E-state index in [-0.39, 0.29) is 0 Å². The first-order valence-electron chi connectivity index (χ1n) is 5.85. The van der Waals surface area contributed by atoms with E-state index < -0.39 is 0 Å². The summed E-state index contributed by atoms with van der Waals surface area (Å²) in [5.74, 6) is 0.769. The van der Waals surface area contributed by atoms with Crippen LogP contribution in [0, 0.1) is 11.3 Å². The normalized spacial score (nSPS) is 27.9. The predicted octanol–water partition coefficient (Wildman–Crippen LogP) is 2.44. The van der Waals surface area contributed by atoms with Crippen molar-refractivity contribution in [3.8, 4) is 0 Å². The van der Waals surface area contributed by atoms with Crippen LogP contribution in [0.2, 0.25) is 0 Å². The van der Waals surface area contributed by atoms with E-state index in [1.807, 2.05) is 0 Å². The largest absolute Gasteiger partial charge is 0.381 e. The lowest BCUT2D eigenvalue weighted by atomic mass is 9.79. The fraction of sp³-hybridized carbons (Fsp3) is 1.00. The third-order valence-electron chi connectivity index (χ3n) is 2.91. The van der Waals surface area contributed by atoms with Crippen LogP contribution in [-0.2, 0) is 4.74 Å². The first-order valence-corrected chi connectivity index (χ1v) is 5.85. The van der Waals surface area contributed by atoms with Gasteiger partial charge in [0.2, 0.25) is 0 Å². The molecule has 84 valence electrons. The van der Waals surface area contributed by atoms with Crippen LogP contribution in [0.1, 0.15) is 40.5 Å². The molecule has 0 aromatic carbocycles. The minimum absolute atomic E-state index is 0.415. The molecule has 0 bridgehead atoms. The Bertz CT molecular complexity index is 160. The zero-order chi connectivity index (χ0) is 10.6. The molecule has 0 spiro atoms. The smallest absolute Gasteiger partial charge is 0.0535 e. The summed E-state index contributed by atoms with van der Waals surface area (Å²) < 4.78 is 5.55. The van der Waals surface area contributed by atoms with Gasteiger partial charge in [0.05, 0.1) is 6.61 Å². The molecule has 1 unspecified atom stereocenters. The van der Waals surface area contributed by atoms with Gasteiger partial charge in [-0.15, -0.1) is 0 Å². The Morgan fingerprint density at radius 3 is 2.43 bits per heavy atom. The molecule has 1 rings (SSSR count). The van der Waals surface area contributed by atoms with Gasteiger partial charge in [-0.2, -0.15) is 0 Å². The number of nitrogens with one attached hydrogen (secondary N) is 1. The van der Waals surface area contributed by atoms with Crippen molar-refractivity contribution in [3.63, 3.8) is 0 Å². The van der Waals surface area contributed by atoms with Gasteiger partial charge in [-0.05, 0) is 18.8 Å². The zero-order valence-electron chi connectivity index (χ0n) is 10.1. The van der Waals surface area contributed by atoms with Gasteiger partial charge in [0, 0.05) is 24.6 Å². The van der Waals surface area contributed by atoms with Gasteiger partial charge in [0.15, 0.2) is 0 Å². The Labute approximate surface area is 88.4 Å². The van der Waals surface area contributed by atoms with E-state index >= 15 is 0 Å². The summed E-state index contributed by atoms with van der Waals surface area (Å²) in [6.07, 6.45) is 2.51. The lowest BCUT2D eigenvalue weighted by Gasteiger charge is -2.30. The number of hydrogen-bond donors (Lipinski definition) is 1. The van der Waals surface area contributed by atoms with Gasteiger partial charge in [0.25, 0.3) is 0 Å². The summed E-state index contributed by atoms with van der Waals surface area (Å²) in [5, 5.41) is 3.55. The fourth-order valence-electron chi connectivity index (χ4n) is 2.31. The second kappa shape index (κ2) is 5.13. The molecule has 0 radical (unpaired) electrons. The highest BCUT2D eigenvalue weighted by molar-refractivity contribution is 4.86. The molecule has 1 N–H and O–H groups in total. The minimum Gasteiger partial charge on any atom is -0.381 e. The Morgan fingerprint density at radius 1 is 1.29 bits per heavy atom. The molecule has 0 aliphatic carbocycles. The van der Waals surface area contributed by atoms with Crippen molar-refractivity contribution in [2.24, 2.45) is 11.3 Å². The highest BCUT2D eigenvalue weighted by Gasteiger charge is 2.35. The van der Waals surface area contributed by atoms with Gasteiger partial charge < -0.3 is 10.1 Å². The van der Waals surface area contributed by atoms with Crippen LogP contribution in [0.5, 0.6) is 0 Å². The van der Waals surface area contributed by atoms with Crippen LogP contribution in [-0.4, -0.2) is 25.8 Å². The predicted molar refractivity (Wildman–Crippen MR) is 60.5 cm³/mol. The highest BCUT2D eigenvalue weighted by atomic mass is 16.5. The molecule has 1 heterocycles. The monoisotopic (exact) mass is 199 g/mol. The van der Waals surface area contributed by atoms with Crippen LogP contribution in [0.15, 0.2) is 0 Å². The Morgan fingerprint density at radius 2 is 2.00 bits per heavy atom.